The third kappa shape index (κ3) is 7.58. The monoisotopic (exact) mass is 555 g/mol. The quantitative estimate of drug-likeness (QED) is 0.344. The zero-order valence-electron chi connectivity index (χ0n) is 21.9. The van der Waals surface area contributed by atoms with Crippen LogP contribution in [0.1, 0.15) is 32.8 Å². The van der Waals surface area contributed by atoms with Gasteiger partial charge in [-0.25, -0.2) is 8.42 Å². The predicted octanol–water partition coefficient (Wildman–Crippen LogP) is 4.91. The molecule has 0 heterocycles. The van der Waals surface area contributed by atoms with E-state index in [1.165, 1.54) is 29.2 Å². The summed E-state index contributed by atoms with van der Waals surface area (Å²) in [6.07, 6.45) is 1.26. The van der Waals surface area contributed by atoms with Crippen LogP contribution < -0.4 is 9.62 Å². The Labute approximate surface area is 230 Å². The highest BCUT2D eigenvalue weighted by Gasteiger charge is 2.32. The molecule has 202 valence electrons. The molecule has 2 amide bonds. The highest BCUT2D eigenvalue weighted by atomic mass is 35.5. The molecule has 0 spiro atoms. The molecule has 0 fully saturated rings. The van der Waals surface area contributed by atoms with Gasteiger partial charge in [0.1, 0.15) is 12.6 Å². The Morgan fingerprint density at radius 1 is 0.895 bits per heavy atom. The SMILES string of the molecule is CC[C@@H](C)NC(=O)[C@@H](C)N(CCc1ccccc1)C(=O)CN(c1ccccc1)S(=O)(=O)c1ccc(Cl)cc1. The molecular weight excluding hydrogens is 522 g/mol. The third-order valence-corrected chi connectivity index (χ3v) is 8.42. The molecule has 0 radical (unpaired) electrons. The molecule has 0 aromatic heterocycles. The second kappa shape index (κ2) is 13.4. The van der Waals surface area contributed by atoms with Crippen molar-refractivity contribution in [1.82, 2.24) is 10.2 Å². The van der Waals surface area contributed by atoms with E-state index in [9.17, 15) is 18.0 Å². The van der Waals surface area contributed by atoms with Gasteiger partial charge in [0.15, 0.2) is 0 Å². The van der Waals surface area contributed by atoms with Gasteiger partial charge in [0, 0.05) is 17.6 Å². The summed E-state index contributed by atoms with van der Waals surface area (Å²) in [7, 11) is -4.11. The summed E-state index contributed by atoms with van der Waals surface area (Å²) in [4.78, 5) is 28.3. The highest BCUT2D eigenvalue weighted by molar-refractivity contribution is 7.92. The molecule has 7 nitrogen and oxygen atoms in total. The van der Waals surface area contributed by atoms with Crippen LogP contribution in [0.15, 0.2) is 89.8 Å². The minimum absolute atomic E-state index is 0.0111. The maximum atomic E-state index is 13.8. The number of hydrogen-bond acceptors (Lipinski definition) is 4. The zero-order chi connectivity index (χ0) is 27.7. The first-order valence-corrected chi connectivity index (χ1v) is 14.4. The summed E-state index contributed by atoms with van der Waals surface area (Å²) in [5, 5.41) is 3.33. The van der Waals surface area contributed by atoms with Crippen molar-refractivity contribution < 1.29 is 18.0 Å². The molecule has 1 N–H and O–H groups in total. The molecule has 0 saturated carbocycles. The first kappa shape index (κ1) is 29.2. The first-order chi connectivity index (χ1) is 18.1. The molecule has 0 unspecified atom stereocenters. The fourth-order valence-electron chi connectivity index (χ4n) is 3.89. The van der Waals surface area contributed by atoms with E-state index in [0.29, 0.717) is 17.1 Å². The van der Waals surface area contributed by atoms with Gasteiger partial charge in [-0.15, -0.1) is 0 Å². The fraction of sp³-hybridized carbons (Fsp3) is 0.310. The Bertz CT molecular complexity index is 1300. The topological polar surface area (TPSA) is 86.8 Å². The van der Waals surface area contributed by atoms with Gasteiger partial charge in [-0.3, -0.25) is 13.9 Å². The predicted molar refractivity (Wildman–Crippen MR) is 152 cm³/mol. The average molecular weight is 556 g/mol. The van der Waals surface area contributed by atoms with Gasteiger partial charge in [0.05, 0.1) is 10.6 Å². The maximum absolute atomic E-state index is 13.8. The Kier molecular flexibility index (Phi) is 10.3. The van der Waals surface area contributed by atoms with Gasteiger partial charge in [-0.05, 0) is 68.7 Å². The van der Waals surface area contributed by atoms with Gasteiger partial charge in [-0.1, -0.05) is 67.1 Å². The lowest BCUT2D eigenvalue weighted by molar-refractivity contribution is -0.139. The van der Waals surface area contributed by atoms with Crippen molar-refractivity contribution in [2.45, 2.75) is 50.6 Å². The van der Waals surface area contributed by atoms with E-state index in [2.05, 4.69) is 5.32 Å². The zero-order valence-corrected chi connectivity index (χ0v) is 23.5. The number of rotatable bonds is 12. The number of carbonyl (C=O) groups excluding carboxylic acids is 2. The number of para-hydroxylation sites is 1. The molecule has 2 atom stereocenters. The van der Waals surface area contributed by atoms with Crippen LogP contribution in [-0.4, -0.2) is 50.3 Å². The van der Waals surface area contributed by atoms with Gasteiger partial charge in [0.2, 0.25) is 11.8 Å². The summed E-state index contributed by atoms with van der Waals surface area (Å²) >= 11 is 5.97. The number of halogens is 1. The number of anilines is 1. The number of hydrogen-bond donors (Lipinski definition) is 1. The summed E-state index contributed by atoms with van der Waals surface area (Å²) in [5.74, 6) is -0.762. The number of nitrogens with zero attached hydrogens (tertiary/aromatic N) is 2. The molecule has 0 aliphatic rings. The smallest absolute Gasteiger partial charge is 0.264 e. The number of nitrogens with one attached hydrogen (secondary N) is 1. The van der Waals surface area contributed by atoms with Crippen molar-refractivity contribution in [1.29, 1.82) is 0 Å². The van der Waals surface area contributed by atoms with E-state index in [1.807, 2.05) is 44.2 Å². The summed E-state index contributed by atoms with van der Waals surface area (Å²) in [6, 6.07) is 23.1. The molecule has 0 aliphatic carbocycles. The summed E-state index contributed by atoms with van der Waals surface area (Å²) in [5.41, 5.74) is 1.35. The van der Waals surface area contributed by atoms with E-state index in [-0.39, 0.29) is 23.4 Å². The van der Waals surface area contributed by atoms with Crippen molar-refractivity contribution in [3.63, 3.8) is 0 Å². The van der Waals surface area contributed by atoms with E-state index in [4.69, 9.17) is 11.6 Å². The largest absolute Gasteiger partial charge is 0.352 e. The number of benzene rings is 3. The second-order valence-corrected chi connectivity index (χ2v) is 11.4. The van der Waals surface area contributed by atoms with Gasteiger partial charge >= 0.3 is 0 Å². The molecular formula is C29H34ClN3O4S. The van der Waals surface area contributed by atoms with Crippen molar-refractivity contribution >= 4 is 39.1 Å². The Balaban J connectivity index is 1.94. The lowest BCUT2D eigenvalue weighted by Gasteiger charge is -2.32. The second-order valence-electron chi connectivity index (χ2n) is 9.12. The maximum Gasteiger partial charge on any atom is 0.264 e. The van der Waals surface area contributed by atoms with Crippen molar-refractivity contribution in [2.24, 2.45) is 0 Å². The Morgan fingerprint density at radius 3 is 2.05 bits per heavy atom. The third-order valence-electron chi connectivity index (χ3n) is 6.38. The van der Waals surface area contributed by atoms with Crippen molar-refractivity contribution in [3.8, 4) is 0 Å². The van der Waals surface area contributed by atoms with Crippen molar-refractivity contribution in [3.05, 3.63) is 95.5 Å². The normalized spacial score (nSPS) is 12.8. The van der Waals surface area contributed by atoms with E-state index in [0.717, 1.165) is 16.3 Å². The minimum atomic E-state index is -4.11. The lowest BCUT2D eigenvalue weighted by atomic mass is 10.1. The molecule has 0 aliphatic heterocycles. The van der Waals surface area contributed by atoms with E-state index < -0.39 is 28.5 Å². The van der Waals surface area contributed by atoms with Crippen LogP contribution in [0.5, 0.6) is 0 Å². The molecule has 38 heavy (non-hydrogen) atoms. The van der Waals surface area contributed by atoms with Gasteiger partial charge < -0.3 is 10.2 Å². The van der Waals surface area contributed by atoms with Crippen LogP contribution in [0.4, 0.5) is 5.69 Å². The first-order valence-electron chi connectivity index (χ1n) is 12.6. The Morgan fingerprint density at radius 2 is 1.47 bits per heavy atom. The molecule has 3 aromatic carbocycles. The number of sulfonamides is 1. The summed E-state index contributed by atoms with van der Waals surface area (Å²) < 4.78 is 28.5. The van der Waals surface area contributed by atoms with Crippen LogP contribution in [0.3, 0.4) is 0 Å². The van der Waals surface area contributed by atoms with Crippen LogP contribution in [0.25, 0.3) is 0 Å². The Hall–Kier alpha value is -3.36. The van der Waals surface area contributed by atoms with Gasteiger partial charge in [0.25, 0.3) is 10.0 Å². The number of amides is 2. The molecule has 0 bridgehead atoms. The van der Waals surface area contributed by atoms with E-state index >= 15 is 0 Å². The lowest BCUT2D eigenvalue weighted by Crippen LogP contribution is -2.53. The van der Waals surface area contributed by atoms with Gasteiger partial charge in [-0.2, -0.15) is 0 Å². The molecule has 0 saturated heterocycles. The average Bonchev–Trinajstić information content (AvgIpc) is 2.92. The van der Waals surface area contributed by atoms with Crippen LogP contribution in [0, 0.1) is 0 Å². The van der Waals surface area contributed by atoms with Crippen LogP contribution in [0.2, 0.25) is 5.02 Å². The van der Waals surface area contributed by atoms with Crippen LogP contribution >= 0.6 is 11.6 Å². The van der Waals surface area contributed by atoms with Crippen molar-refractivity contribution in [2.75, 3.05) is 17.4 Å². The van der Waals surface area contributed by atoms with Crippen LogP contribution in [-0.2, 0) is 26.0 Å². The fourth-order valence-corrected chi connectivity index (χ4v) is 5.43. The molecule has 3 rings (SSSR count). The number of carbonyl (C=O) groups is 2. The minimum Gasteiger partial charge on any atom is -0.352 e. The summed E-state index contributed by atoms with van der Waals surface area (Å²) in [6.45, 7) is 5.32. The molecule has 9 heteroatoms. The van der Waals surface area contributed by atoms with E-state index in [1.54, 1.807) is 37.3 Å². The molecule has 3 aromatic rings. The highest BCUT2D eigenvalue weighted by Crippen LogP contribution is 2.25. The standard InChI is InChI=1S/C29H34ClN3O4S/c1-4-22(2)31-29(35)23(3)32(20-19-24-11-7-5-8-12-24)28(34)21-33(26-13-9-6-10-14-26)38(36,37)27-17-15-25(30)16-18-27/h5-18,22-23H,4,19-21H2,1-3H3,(H,31,35)/t22-,23-/m1/s1.